The van der Waals surface area contributed by atoms with Crippen molar-refractivity contribution in [2.24, 2.45) is 11.8 Å². The average Bonchev–Trinajstić information content (AvgIpc) is 2.48. The molecule has 2 aliphatic rings. The molecule has 1 heterocycles. The molecule has 12 heavy (non-hydrogen) atoms. The lowest BCUT2D eigenvalue weighted by molar-refractivity contribution is 0.291. The monoisotopic (exact) mass is 173 g/mol. The average molecular weight is 173 g/mol. The lowest BCUT2D eigenvalue weighted by Gasteiger charge is -2.08. The highest BCUT2D eigenvalue weighted by Gasteiger charge is 2.39. The van der Waals surface area contributed by atoms with Crippen LogP contribution in [-0.2, 0) is 0 Å². The number of nitrogens with zero attached hydrogens (tertiary/aromatic N) is 1. The summed E-state index contributed by atoms with van der Waals surface area (Å²) in [5, 5.41) is 0. The van der Waals surface area contributed by atoms with Crippen molar-refractivity contribution in [2.45, 2.75) is 32.9 Å². The van der Waals surface area contributed by atoms with Crippen molar-refractivity contribution in [1.82, 2.24) is 4.90 Å². The summed E-state index contributed by atoms with van der Waals surface area (Å²) in [6.45, 7) is 6.26. The predicted octanol–water partition coefficient (Wildman–Crippen LogP) is 2.32. The van der Waals surface area contributed by atoms with Gasteiger partial charge >= 0.3 is 0 Å². The highest BCUT2D eigenvalue weighted by atomic mass is 19.1. The second-order valence-corrected chi connectivity index (χ2v) is 3.81. The fourth-order valence-electron chi connectivity index (χ4n) is 2.46. The molecule has 1 aliphatic heterocycles. The summed E-state index contributed by atoms with van der Waals surface area (Å²) in [4.78, 5) is 2.32. The van der Waals surface area contributed by atoms with Crippen LogP contribution in [0.25, 0.3) is 0 Å². The molecule has 2 unspecified atom stereocenters. The van der Waals surface area contributed by atoms with E-state index in [1.807, 2.05) is 13.8 Å². The van der Waals surface area contributed by atoms with Crippen molar-refractivity contribution in [2.75, 3.05) is 20.1 Å². The summed E-state index contributed by atoms with van der Waals surface area (Å²) in [6, 6.07) is 0. The van der Waals surface area contributed by atoms with Crippen LogP contribution in [0.2, 0.25) is 0 Å². The molecule has 2 atom stereocenters. The standard InChI is InChI=1S/C8H14FN.C2H6/c1-10-4-6-2-8(9)3-7(6)5-10;1-2/h6-8H,2-5H2,1H3;1-2H3. The zero-order valence-electron chi connectivity index (χ0n) is 8.39. The molecule has 0 radical (unpaired) electrons. The predicted molar refractivity (Wildman–Crippen MR) is 50.0 cm³/mol. The van der Waals surface area contributed by atoms with Gasteiger partial charge in [0.05, 0.1) is 0 Å². The third-order valence-electron chi connectivity index (χ3n) is 2.88. The molecule has 0 N–H and O–H groups in total. The maximum Gasteiger partial charge on any atom is 0.101 e. The molecule has 1 aliphatic carbocycles. The third-order valence-corrected chi connectivity index (χ3v) is 2.88. The summed E-state index contributed by atoms with van der Waals surface area (Å²) < 4.78 is 12.8. The van der Waals surface area contributed by atoms with E-state index in [0.29, 0.717) is 11.8 Å². The number of hydrogen-bond donors (Lipinski definition) is 0. The van der Waals surface area contributed by atoms with Crippen molar-refractivity contribution in [3.8, 4) is 0 Å². The molecule has 1 nitrogen and oxygen atoms in total. The Balaban J connectivity index is 0.000000336. The molecular formula is C10H20FN. The molecule has 2 rings (SSSR count). The highest BCUT2D eigenvalue weighted by Crippen LogP contribution is 2.38. The van der Waals surface area contributed by atoms with Crippen molar-refractivity contribution in [3.05, 3.63) is 0 Å². The molecular weight excluding hydrogens is 153 g/mol. The minimum atomic E-state index is -0.483. The number of fused-ring (bicyclic) bond motifs is 1. The van der Waals surface area contributed by atoms with Crippen LogP contribution in [0.1, 0.15) is 26.7 Å². The van der Waals surface area contributed by atoms with Gasteiger partial charge in [-0.05, 0) is 31.7 Å². The molecule has 1 saturated carbocycles. The van der Waals surface area contributed by atoms with Crippen LogP contribution >= 0.6 is 0 Å². The zero-order valence-corrected chi connectivity index (χ0v) is 8.39. The first kappa shape index (κ1) is 9.97. The fourth-order valence-corrected chi connectivity index (χ4v) is 2.46. The SMILES string of the molecule is CC.CN1CC2CC(F)CC2C1. The van der Waals surface area contributed by atoms with Crippen LogP contribution in [-0.4, -0.2) is 31.2 Å². The van der Waals surface area contributed by atoms with E-state index in [0.717, 1.165) is 25.9 Å². The summed E-state index contributed by atoms with van der Waals surface area (Å²) in [6.07, 6.45) is 1.17. The van der Waals surface area contributed by atoms with Gasteiger partial charge in [0.25, 0.3) is 0 Å². The van der Waals surface area contributed by atoms with E-state index < -0.39 is 6.17 Å². The summed E-state index contributed by atoms with van der Waals surface area (Å²) in [5.41, 5.74) is 0. The molecule has 2 heteroatoms. The van der Waals surface area contributed by atoms with Crippen molar-refractivity contribution < 1.29 is 4.39 Å². The largest absolute Gasteiger partial charge is 0.306 e. The van der Waals surface area contributed by atoms with Crippen LogP contribution in [0.15, 0.2) is 0 Å². The van der Waals surface area contributed by atoms with E-state index in [1.54, 1.807) is 0 Å². The molecule has 1 saturated heterocycles. The van der Waals surface area contributed by atoms with Gasteiger partial charge in [-0.15, -0.1) is 0 Å². The topological polar surface area (TPSA) is 3.24 Å². The van der Waals surface area contributed by atoms with Gasteiger partial charge in [-0.2, -0.15) is 0 Å². The maximum absolute atomic E-state index is 12.8. The van der Waals surface area contributed by atoms with Crippen molar-refractivity contribution in [3.63, 3.8) is 0 Å². The fraction of sp³-hybridized carbons (Fsp3) is 1.00. The quantitative estimate of drug-likeness (QED) is 0.543. The minimum absolute atomic E-state index is 0.483. The Labute approximate surface area is 74.9 Å². The van der Waals surface area contributed by atoms with E-state index in [9.17, 15) is 4.39 Å². The van der Waals surface area contributed by atoms with Gasteiger partial charge in [-0.1, -0.05) is 13.8 Å². The number of alkyl halides is 1. The first-order chi connectivity index (χ1) is 5.75. The molecule has 0 amide bonds. The Hall–Kier alpha value is -0.110. The van der Waals surface area contributed by atoms with Gasteiger partial charge in [-0.3, -0.25) is 0 Å². The van der Waals surface area contributed by atoms with E-state index in [-0.39, 0.29) is 0 Å². The van der Waals surface area contributed by atoms with Crippen LogP contribution in [0.5, 0.6) is 0 Å². The third kappa shape index (κ3) is 1.98. The summed E-state index contributed by atoms with van der Waals surface area (Å²) >= 11 is 0. The Bertz CT molecular complexity index is 110. The van der Waals surface area contributed by atoms with Gasteiger partial charge in [-0.25, -0.2) is 4.39 Å². The Morgan fingerprint density at radius 3 is 1.92 bits per heavy atom. The lowest BCUT2D eigenvalue weighted by Crippen LogP contribution is -2.16. The Morgan fingerprint density at radius 1 is 1.08 bits per heavy atom. The van der Waals surface area contributed by atoms with Gasteiger partial charge < -0.3 is 4.90 Å². The smallest absolute Gasteiger partial charge is 0.101 e. The minimum Gasteiger partial charge on any atom is -0.306 e. The van der Waals surface area contributed by atoms with E-state index in [1.165, 1.54) is 0 Å². The molecule has 0 bridgehead atoms. The number of rotatable bonds is 0. The Morgan fingerprint density at radius 2 is 1.50 bits per heavy atom. The molecule has 2 fully saturated rings. The zero-order chi connectivity index (χ0) is 9.14. The van der Waals surface area contributed by atoms with Crippen molar-refractivity contribution >= 4 is 0 Å². The molecule has 0 spiro atoms. The first-order valence-electron chi connectivity index (χ1n) is 5.08. The summed E-state index contributed by atoms with van der Waals surface area (Å²) in [7, 11) is 2.13. The van der Waals surface area contributed by atoms with Crippen LogP contribution < -0.4 is 0 Å². The normalized spacial score (nSPS) is 40.5. The molecule has 0 aromatic heterocycles. The van der Waals surface area contributed by atoms with Crippen LogP contribution in [0, 0.1) is 11.8 Å². The van der Waals surface area contributed by atoms with Crippen LogP contribution in [0.4, 0.5) is 4.39 Å². The summed E-state index contributed by atoms with van der Waals surface area (Å²) in [5.74, 6) is 1.36. The maximum atomic E-state index is 12.8. The lowest BCUT2D eigenvalue weighted by atomic mass is 10.0. The van der Waals surface area contributed by atoms with Gasteiger partial charge in [0.2, 0.25) is 0 Å². The molecule has 0 aromatic carbocycles. The number of likely N-dealkylation sites (tertiary alicyclic amines) is 1. The number of halogens is 1. The highest BCUT2D eigenvalue weighted by molar-refractivity contribution is 4.91. The molecule has 72 valence electrons. The van der Waals surface area contributed by atoms with E-state index >= 15 is 0 Å². The molecule has 0 aromatic rings. The van der Waals surface area contributed by atoms with Gasteiger partial charge in [0, 0.05) is 13.1 Å². The van der Waals surface area contributed by atoms with E-state index in [4.69, 9.17) is 0 Å². The second kappa shape index (κ2) is 4.22. The Kier molecular flexibility index (Phi) is 3.51. The second-order valence-electron chi connectivity index (χ2n) is 3.81. The number of hydrogen-bond acceptors (Lipinski definition) is 1. The van der Waals surface area contributed by atoms with Crippen molar-refractivity contribution in [1.29, 1.82) is 0 Å². The van der Waals surface area contributed by atoms with E-state index in [2.05, 4.69) is 11.9 Å². The van der Waals surface area contributed by atoms with Crippen LogP contribution in [0.3, 0.4) is 0 Å². The van der Waals surface area contributed by atoms with Gasteiger partial charge in [0.15, 0.2) is 0 Å². The first-order valence-corrected chi connectivity index (χ1v) is 5.08. The van der Waals surface area contributed by atoms with Gasteiger partial charge in [0.1, 0.15) is 6.17 Å².